The quantitative estimate of drug-likeness (QED) is 0.642. The smallest absolute Gasteiger partial charge is 0.191 e. The summed E-state index contributed by atoms with van der Waals surface area (Å²) in [6.07, 6.45) is 0. The number of rotatable bonds is 3. The van der Waals surface area contributed by atoms with Crippen LogP contribution < -0.4 is 10.6 Å². The van der Waals surface area contributed by atoms with Gasteiger partial charge in [-0.1, -0.05) is 0 Å². The van der Waals surface area contributed by atoms with Crippen molar-refractivity contribution in [1.82, 2.24) is 15.5 Å². The van der Waals surface area contributed by atoms with E-state index in [2.05, 4.69) is 48.5 Å². The highest BCUT2D eigenvalue weighted by atomic mass is 15.2. The van der Waals surface area contributed by atoms with Crippen molar-refractivity contribution in [2.45, 2.75) is 25.9 Å². The molecule has 76 valence electrons. The maximum absolute atomic E-state index is 4.32. The number of guanidine groups is 1. The fraction of sp³-hybridized carbons (Fsp3) is 0.889. The number of nitrogens with one attached hydrogen (secondary N) is 2. The molecule has 4 heteroatoms. The third-order valence-corrected chi connectivity index (χ3v) is 2.35. The number of hydrogen-bond acceptors (Lipinski definition) is 4. The van der Waals surface area contributed by atoms with Crippen molar-refractivity contribution >= 4 is 5.96 Å². The molecule has 1 heterocycles. The average molecular weight is 184 g/mol. The van der Waals surface area contributed by atoms with Gasteiger partial charge in [-0.3, -0.25) is 4.99 Å². The van der Waals surface area contributed by atoms with Gasteiger partial charge in [0.15, 0.2) is 5.96 Å². The van der Waals surface area contributed by atoms with Gasteiger partial charge in [-0.25, -0.2) is 0 Å². The first kappa shape index (κ1) is 10.3. The van der Waals surface area contributed by atoms with E-state index in [1.54, 1.807) is 0 Å². The van der Waals surface area contributed by atoms with E-state index in [9.17, 15) is 0 Å². The summed E-state index contributed by atoms with van der Waals surface area (Å²) in [7, 11) is 4.16. The monoisotopic (exact) mass is 184 g/mol. The number of nitrogens with zero attached hydrogens (tertiary/aromatic N) is 2. The van der Waals surface area contributed by atoms with Crippen LogP contribution in [0.4, 0.5) is 0 Å². The highest BCUT2D eigenvalue weighted by Gasteiger charge is 2.12. The molecule has 2 atom stereocenters. The van der Waals surface area contributed by atoms with Crippen molar-refractivity contribution < 1.29 is 0 Å². The minimum atomic E-state index is 0.483. The van der Waals surface area contributed by atoms with Crippen LogP contribution in [0.15, 0.2) is 4.99 Å². The Morgan fingerprint density at radius 1 is 1.69 bits per heavy atom. The number of hydrogen-bond donors (Lipinski definition) is 2. The van der Waals surface area contributed by atoms with Crippen LogP contribution in [0.3, 0.4) is 0 Å². The molecule has 1 aliphatic rings. The topological polar surface area (TPSA) is 39.7 Å². The molecule has 1 aliphatic heterocycles. The Hall–Kier alpha value is -0.770. The first-order valence-corrected chi connectivity index (χ1v) is 4.81. The van der Waals surface area contributed by atoms with Crippen LogP contribution in [0.5, 0.6) is 0 Å². The molecule has 0 amide bonds. The molecule has 0 saturated heterocycles. The van der Waals surface area contributed by atoms with Crippen molar-refractivity contribution in [1.29, 1.82) is 0 Å². The summed E-state index contributed by atoms with van der Waals surface area (Å²) in [4.78, 5) is 6.51. The normalized spacial score (nSPS) is 24.1. The third-order valence-electron chi connectivity index (χ3n) is 2.35. The van der Waals surface area contributed by atoms with Crippen LogP contribution in [-0.4, -0.2) is 50.1 Å². The average Bonchev–Trinajstić information content (AvgIpc) is 2.47. The van der Waals surface area contributed by atoms with Gasteiger partial charge in [0.25, 0.3) is 0 Å². The first-order valence-electron chi connectivity index (χ1n) is 4.81. The molecule has 13 heavy (non-hydrogen) atoms. The van der Waals surface area contributed by atoms with Gasteiger partial charge in [0.05, 0.1) is 6.54 Å². The molecule has 0 aromatic carbocycles. The Morgan fingerprint density at radius 2 is 2.38 bits per heavy atom. The standard InChI is InChI=1S/C9H20N4/c1-7-5-10-9(12-7)11-6-8(2)13(3)4/h7-8H,5-6H2,1-4H3,(H2,10,11,12). The van der Waals surface area contributed by atoms with Gasteiger partial charge in [0, 0.05) is 18.6 Å². The Balaban J connectivity index is 2.20. The summed E-state index contributed by atoms with van der Waals surface area (Å²) in [5.74, 6) is 0.946. The van der Waals surface area contributed by atoms with Crippen LogP contribution in [0.2, 0.25) is 0 Å². The van der Waals surface area contributed by atoms with Crippen molar-refractivity contribution in [3.63, 3.8) is 0 Å². The fourth-order valence-corrected chi connectivity index (χ4v) is 1.09. The maximum atomic E-state index is 4.32. The van der Waals surface area contributed by atoms with Crippen LogP contribution in [0.1, 0.15) is 13.8 Å². The molecule has 0 radical (unpaired) electrons. The predicted octanol–water partition coefficient (Wildman–Crippen LogP) is -0.126. The number of likely N-dealkylation sites (N-methyl/N-ethyl adjacent to an activating group) is 1. The summed E-state index contributed by atoms with van der Waals surface area (Å²) in [5, 5.41) is 6.56. The Morgan fingerprint density at radius 3 is 2.85 bits per heavy atom. The molecule has 0 aliphatic carbocycles. The number of aliphatic imine (C=N–C) groups is 1. The van der Waals surface area contributed by atoms with Gasteiger partial charge in [0.2, 0.25) is 0 Å². The molecule has 2 unspecified atom stereocenters. The molecule has 0 spiro atoms. The second-order valence-electron chi connectivity index (χ2n) is 3.93. The van der Waals surface area contributed by atoms with Gasteiger partial charge in [-0.05, 0) is 27.9 Å². The SMILES string of the molecule is CC1CN=C(NCC(C)N(C)C)N1. The zero-order valence-electron chi connectivity index (χ0n) is 8.96. The van der Waals surface area contributed by atoms with Crippen LogP contribution in [-0.2, 0) is 0 Å². The predicted molar refractivity (Wildman–Crippen MR) is 56.1 cm³/mol. The van der Waals surface area contributed by atoms with E-state index in [1.165, 1.54) is 0 Å². The van der Waals surface area contributed by atoms with Gasteiger partial charge in [-0.15, -0.1) is 0 Å². The second-order valence-corrected chi connectivity index (χ2v) is 3.93. The third kappa shape index (κ3) is 3.22. The van der Waals surface area contributed by atoms with E-state index in [1.807, 2.05) is 0 Å². The van der Waals surface area contributed by atoms with Crippen LogP contribution in [0, 0.1) is 0 Å². The molecule has 2 N–H and O–H groups in total. The fourth-order valence-electron chi connectivity index (χ4n) is 1.09. The van der Waals surface area contributed by atoms with E-state index in [0.717, 1.165) is 19.0 Å². The zero-order chi connectivity index (χ0) is 9.84. The van der Waals surface area contributed by atoms with E-state index in [-0.39, 0.29) is 0 Å². The lowest BCUT2D eigenvalue weighted by Crippen LogP contribution is -2.43. The molecular formula is C9H20N4. The molecule has 1 rings (SSSR count). The largest absolute Gasteiger partial charge is 0.355 e. The Kier molecular flexibility index (Phi) is 3.54. The maximum Gasteiger partial charge on any atom is 0.191 e. The lowest BCUT2D eigenvalue weighted by molar-refractivity contribution is 0.312. The zero-order valence-corrected chi connectivity index (χ0v) is 8.96. The van der Waals surface area contributed by atoms with E-state index >= 15 is 0 Å². The van der Waals surface area contributed by atoms with Gasteiger partial charge in [-0.2, -0.15) is 0 Å². The minimum Gasteiger partial charge on any atom is -0.355 e. The highest BCUT2D eigenvalue weighted by molar-refractivity contribution is 5.81. The summed E-state index contributed by atoms with van der Waals surface area (Å²) >= 11 is 0. The summed E-state index contributed by atoms with van der Waals surface area (Å²) < 4.78 is 0. The molecule has 0 saturated carbocycles. The minimum absolute atomic E-state index is 0.483. The molecule has 0 bridgehead atoms. The molecule has 0 fully saturated rings. The first-order chi connectivity index (χ1) is 6.09. The van der Waals surface area contributed by atoms with Crippen LogP contribution in [0.25, 0.3) is 0 Å². The van der Waals surface area contributed by atoms with Gasteiger partial charge < -0.3 is 15.5 Å². The van der Waals surface area contributed by atoms with Crippen molar-refractivity contribution in [2.75, 3.05) is 27.2 Å². The molecule has 0 aromatic heterocycles. The second kappa shape index (κ2) is 4.46. The summed E-state index contributed by atoms with van der Waals surface area (Å²) in [5.41, 5.74) is 0. The molecule has 4 nitrogen and oxygen atoms in total. The molecular weight excluding hydrogens is 164 g/mol. The lowest BCUT2D eigenvalue weighted by Gasteiger charge is -2.20. The van der Waals surface area contributed by atoms with E-state index in [0.29, 0.717) is 12.1 Å². The van der Waals surface area contributed by atoms with Gasteiger partial charge in [0.1, 0.15) is 0 Å². The van der Waals surface area contributed by atoms with Crippen molar-refractivity contribution in [2.24, 2.45) is 4.99 Å². The van der Waals surface area contributed by atoms with Crippen LogP contribution >= 0.6 is 0 Å². The van der Waals surface area contributed by atoms with E-state index in [4.69, 9.17) is 0 Å². The van der Waals surface area contributed by atoms with Gasteiger partial charge >= 0.3 is 0 Å². The van der Waals surface area contributed by atoms with Crippen molar-refractivity contribution in [3.05, 3.63) is 0 Å². The highest BCUT2D eigenvalue weighted by Crippen LogP contribution is 1.93. The lowest BCUT2D eigenvalue weighted by atomic mass is 10.3. The van der Waals surface area contributed by atoms with Crippen molar-refractivity contribution in [3.8, 4) is 0 Å². The summed E-state index contributed by atoms with van der Waals surface area (Å²) in [6, 6.07) is 1.01. The Labute approximate surface area is 80.4 Å². The van der Waals surface area contributed by atoms with E-state index < -0.39 is 0 Å². The molecule has 0 aromatic rings. The summed E-state index contributed by atoms with van der Waals surface area (Å²) in [6.45, 7) is 6.14. The Bertz CT molecular complexity index is 188.